The minimum Gasteiger partial charge on any atom is -0.354 e. The van der Waals surface area contributed by atoms with Gasteiger partial charge in [-0.2, -0.15) is 13.2 Å². The molecule has 1 aliphatic heterocycles. The van der Waals surface area contributed by atoms with Gasteiger partial charge < -0.3 is 4.90 Å². The van der Waals surface area contributed by atoms with Crippen LogP contribution in [0.4, 0.5) is 29.8 Å². The predicted molar refractivity (Wildman–Crippen MR) is 123 cm³/mol. The van der Waals surface area contributed by atoms with Crippen LogP contribution in [0.5, 0.6) is 0 Å². The minimum absolute atomic E-state index is 0.0996. The van der Waals surface area contributed by atoms with E-state index in [0.717, 1.165) is 42.3 Å². The Bertz CT molecular complexity index is 1090. The summed E-state index contributed by atoms with van der Waals surface area (Å²) < 4.78 is 38.2. The van der Waals surface area contributed by atoms with Crippen LogP contribution < -0.4 is 9.80 Å². The second kappa shape index (κ2) is 9.48. The van der Waals surface area contributed by atoms with Gasteiger partial charge >= 0.3 is 6.18 Å². The van der Waals surface area contributed by atoms with Crippen molar-refractivity contribution in [3.05, 3.63) is 64.8 Å². The van der Waals surface area contributed by atoms with Gasteiger partial charge in [0.15, 0.2) is 5.13 Å². The summed E-state index contributed by atoms with van der Waals surface area (Å²) in [4.78, 5) is 26.8. The molecule has 174 valence electrons. The van der Waals surface area contributed by atoms with E-state index in [1.807, 2.05) is 41.5 Å². The Morgan fingerprint density at radius 2 is 1.79 bits per heavy atom. The Hall–Kier alpha value is -2.98. The first kappa shape index (κ1) is 23.2. The SMILES string of the molecule is CC(=O)N(c1ccc(C)cc1)c1nc(CN2CCN(c3ccc(C(F)(F)F)cn3)CC2)cs1. The highest BCUT2D eigenvalue weighted by molar-refractivity contribution is 7.14. The number of anilines is 3. The van der Waals surface area contributed by atoms with Crippen molar-refractivity contribution in [2.75, 3.05) is 36.0 Å². The number of alkyl halides is 3. The van der Waals surface area contributed by atoms with Crippen LogP contribution in [-0.2, 0) is 17.5 Å². The molecule has 1 fully saturated rings. The van der Waals surface area contributed by atoms with E-state index in [9.17, 15) is 18.0 Å². The summed E-state index contributed by atoms with van der Waals surface area (Å²) in [5.74, 6) is 0.450. The standard InChI is InChI=1S/C23H24F3N5OS/c1-16-3-6-20(7-4-16)31(17(2)32)22-28-19(15-33-22)14-29-9-11-30(12-10-29)21-8-5-18(13-27-21)23(24,25)26/h3-8,13,15H,9-12,14H2,1-2H3. The lowest BCUT2D eigenvalue weighted by Crippen LogP contribution is -2.46. The van der Waals surface area contributed by atoms with Gasteiger partial charge in [-0.3, -0.25) is 14.6 Å². The molecule has 0 saturated carbocycles. The third-order valence-corrected chi connectivity index (χ3v) is 6.37. The zero-order valence-corrected chi connectivity index (χ0v) is 19.2. The summed E-state index contributed by atoms with van der Waals surface area (Å²) in [6.45, 7) is 6.97. The third kappa shape index (κ3) is 5.51. The molecule has 2 aromatic heterocycles. The van der Waals surface area contributed by atoms with E-state index in [1.54, 1.807) is 4.90 Å². The fourth-order valence-electron chi connectivity index (χ4n) is 3.70. The van der Waals surface area contributed by atoms with E-state index < -0.39 is 11.7 Å². The Balaban J connectivity index is 1.36. The second-order valence-electron chi connectivity index (χ2n) is 7.98. The molecule has 1 saturated heterocycles. The molecule has 1 aromatic carbocycles. The largest absolute Gasteiger partial charge is 0.417 e. The van der Waals surface area contributed by atoms with Crippen LogP contribution in [0.1, 0.15) is 23.7 Å². The maximum absolute atomic E-state index is 12.7. The number of aryl methyl sites for hydroxylation is 1. The van der Waals surface area contributed by atoms with Gasteiger partial charge in [0.25, 0.3) is 0 Å². The van der Waals surface area contributed by atoms with Gasteiger partial charge in [0.05, 0.1) is 16.9 Å². The summed E-state index contributed by atoms with van der Waals surface area (Å²) in [5.41, 5.74) is 2.04. The number of carbonyl (C=O) groups excluding carboxylic acids is 1. The number of hydrogen-bond donors (Lipinski definition) is 0. The Kier molecular flexibility index (Phi) is 6.66. The lowest BCUT2D eigenvalue weighted by atomic mass is 10.2. The van der Waals surface area contributed by atoms with Crippen molar-refractivity contribution in [2.45, 2.75) is 26.6 Å². The number of nitrogens with zero attached hydrogens (tertiary/aromatic N) is 5. The van der Waals surface area contributed by atoms with Crippen LogP contribution in [0.15, 0.2) is 48.0 Å². The summed E-state index contributed by atoms with van der Waals surface area (Å²) in [6.07, 6.45) is -3.50. The van der Waals surface area contributed by atoms with Gasteiger partial charge in [-0.25, -0.2) is 9.97 Å². The lowest BCUT2D eigenvalue weighted by molar-refractivity contribution is -0.137. The topological polar surface area (TPSA) is 52.6 Å². The zero-order valence-electron chi connectivity index (χ0n) is 18.3. The molecule has 0 unspecified atom stereocenters. The summed E-state index contributed by atoms with van der Waals surface area (Å²) in [5, 5.41) is 2.59. The molecule has 0 radical (unpaired) electrons. The van der Waals surface area contributed by atoms with Gasteiger partial charge in [-0.05, 0) is 31.2 Å². The predicted octanol–water partition coefficient (Wildman–Crippen LogP) is 4.87. The number of piperazine rings is 1. The minimum atomic E-state index is -4.38. The van der Waals surface area contributed by atoms with Crippen molar-refractivity contribution in [3.8, 4) is 0 Å². The average molecular weight is 476 g/mol. The second-order valence-corrected chi connectivity index (χ2v) is 8.81. The van der Waals surface area contributed by atoms with Crippen LogP contribution in [-0.4, -0.2) is 47.0 Å². The molecule has 4 rings (SSSR count). The van der Waals surface area contributed by atoms with Crippen molar-refractivity contribution in [1.29, 1.82) is 0 Å². The van der Waals surface area contributed by atoms with Gasteiger partial charge in [0.2, 0.25) is 5.91 Å². The number of rotatable bonds is 5. The van der Waals surface area contributed by atoms with E-state index in [4.69, 9.17) is 0 Å². The number of pyridine rings is 1. The first-order chi connectivity index (χ1) is 15.7. The molecule has 1 aliphatic rings. The molecule has 3 heterocycles. The Labute approximate surface area is 194 Å². The van der Waals surface area contributed by atoms with E-state index in [2.05, 4.69) is 14.9 Å². The Morgan fingerprint density at radius 3 is 2.36 bits per heavy atom. The maximum Gasteiger partial charge on any atom is 0.417 e. The van der Waals surface area contributed by atoms with Gasteiger partial charge in [0.1, 0.15) is 5.82 Å². The molecule has 33 heavy (non-hydrogen) atoms. The van der Waals surface area contributed by atoms with Crippen LogP contribution >= 0.6 is 11.3 Å². The molecule has 0 bridgehead atoms. The van der Waals surface area contributed by atoms with E-state index >= 15 is 0 Å². The smallest absolute Gasteiger partial charge is 0.354 e. The van der Waals surface area contributed by atoms with Crippen LogP contribution in [0.3, 0.4) is 0 Å². The van der Waals surface area contributed by atoms with Gasteiger partial charge in [-0.1, -0.05) is 17.7 Å². The highest BCUT2D eigenvalue weighted by atomic mass is 32.1. The number of amides is 1. The highest BCUT2D eigenvalue weighted by Gasteiger charge is 2.31. The lowest BCUT2D eigenvalue weighted by Gasteiger charge is -2.35. The summed E-state index contributed by atoms with van der Waals surface area (Å²) in [6, 6.07) is 10.2. The first-order valence-corrected chi connectivity index (χ1v) is 11.4. The number of carbonyl (C=O) groups is 1. The fraction of sp³-hybridized carbons (Fsp3) is 0.348. The summed E-state index contributed by atoms with van der Waals surface area (Å²) in [7, 11) is 0. The molecule has 3 aromatic rings. The van der Waals surface area contributed by atoms with Crippen molar-refractivity contribution in [1.82, 2.24) is 14.9 Å². The van der Waals surface area contributed by atoms with E-state index in [1.165, 1.54) is 24.3 Å². The molecule has 0 N–H and O–H groups in total. The Morgan fingerprint density at radius 1 is 1.09 bits per heavy atom. The van der Waals surface area contributed by atoms with Crippen molar-refractivity contribution in [2.24, 2.45) is 0 Å². The third-order valence-electron chi connectivity index (χ3n) is 5.50. The number of aromatic nitrogens is 2. The zero-order chi connectivity index (χ0) is 23.6. The molecule has 0 atom stereocenters. The average Bonchev–Trinajstić information content (AvgIpc) is 3.23. The first-order valence-electron chi connectivity index (χ1n) is 10.5. The van der Waals surface area contributed by atoms with E-state index in [0.29, 0.717) is 30.6 Å². The van der Waals surface area contributed by atoms with Crippen LogP contribution in [0.2, 0.25) is 0 Å². The monoisotopic (exact) mass is 475 g/mol. The molecule has 1 amide bonds. The highest BCUT2D eigenvalue weighted by Crippen LogP contribution is 2.31. The number of halogens is 3. The maximum atomic E-state index is 12.7. The summed E-state index contributed by atoms with van der Waals surface area (Å²) >= 11 is 1.43. The molecular weight excluding hydrogens is 451 g/mol. The van der Waals surface area contributed by atoms with Crippen molar-refractivity contribution in [3.63, 3.8) is 0 Å². The molecule has 6 nitrogen and oxygen atoms in total. The molecule has 10 heteroatoms. The number of thiazole rings is 1. The van der Waals surface area contributed by atoms with Crippen LogP contribution in [0.25, 0.3) is 0 Å². The quantitative estimate of drug-likeness (QED) is 0.527. The number of benzene rings is 1. The van der Waals surface area contributed by atoms with Gasteiger partial charge in [0, 0.05) is 51.2 Å². The molecule has 0 spiro atoms. The molecule has 0 aliphatic carbocycles. The molecular formula is C23H24F3N5OS. The van der Waals surface area contributed by atoms with Crippen LogP contribution in [0, 0.1) is 6.92 Å². The number of hydrogen-bond acceptors (Lipinski definition) is 6. The van der Waals surface area contributed by atoms with E-state index in [-0.39, 0.29) is 5.91 Å². The fourth-order valence-corrected chi connectivity index (χ4v) is 4.58. The normalized spacial score (nSPS) is 15.0. The van der Waals surface area contributed by atoms with Crippen molar-refractivity contribution >= 4 is 33.9 Å². The van der Waals surface area contributed by atoms with Crippen molar-refractivity contribution < 1.29 is 18.0 Å². The van der Waals surface area contributed by atoms with Gasteiger partial charge in [-0.15, -0.1) is 11.3 Å².